The summed E-state index contributed by atoms with van der Waals surface area (Å²) in [6.07, 6.45) is 0. The quantitative estimate of drug-likeness (QED) is 0.463. The molecule has 1 fully saturated rings. The summed E-state index contributed by atoms with van der Waals surface area (Å²) in [6.45, 7) is 4.67. The molecule has 2 heterocycles. The van der Waals surface area contributed by atoms with Gasteiger partial charge in [-0.25, -0.2) is 9.37 Å². The molecule has 0 bridgehead atoms. The molecule has 0 unspecified atom stereocenters. The van der Waals surface area contributed by atoms with Crippen molar-refractivity contribution < 1.29 is 18.7 Å². The van der Waals surface area contributed by atoms with Gasteiger partial charge in [0.05, 0.1) is 11.6 Å². The molecule has 1 aromatic heterocycles. The predicted octanol–water partition coefficient (Wildman–Crippen LogP) is 4.59. The van der Waals surface area contributed by atoms with E-state index in [1.807, 2.05) is 17.0 Å². The number of ether oxygens (including phenoxy) is 2. The third-order valence-electron chi connectivity index (χ3n) is 5.54. The number of carbonyl (C=O) groups excluding carboxylic acids is 1. The Balaban J connectivity index is 1.34. The molecule has 174 valence electrons. The summed E-state index contributed by atoms with van der Waals surface area (Å²) in [5.74, 6) is 0.165. The van der Waals surface area contributed by atoms with Gasteiger partial charge in [-0.3, -0.25) is 9.69 Å². The zero-order valence-corrected chi connectivity index (χ0v) is 19.9. The Bertz CT molecular complexity index is 1060. The molecular formula is C24H25ClFN3O3S. The normalized spacial score (nSPS) is 14.5. The van der Waals surface area contributed by atoms with Crippen molar-refractivity contribution in [2.24, 2.45) is 0 Å². The summed E-state index contributed by atoms with van der Waals surface area (Å²) in [7, 11) is 1.70. The average Bonchev–Trinajstić information content (AvgIpc) is 3.33. The van der Waals surface area contributed by atoms with Crippen molar-refractivity contribution in [2.75, 3.05) is 46.4 Å². The topological polar surface area (TPSA) is 54.9 Å². The Hall–Kier alpha value is -2.52. The highest BCUT2D eigenvalue weighted by Crippen LogP contribution is 2.27. The molecule has 0 atom stereocenters. The highest BCUT2D eigenvalue weighted by molar-refractivity contribution is 7.13. The van der Waals surface area contributed by atoms with Gasteiger partial charge in [0.25, 0.3) is 5.91 Å². The van der Waals surface area contributed by atoms with Crippen LogP contribution in [-0.4, -0.2) is 67.1 Å². The minimum Gasteiger partial charge on any atom is -0.489 e. The lowest BCUT2D eigenvalue weighted by Gasteiger charge is -2.34. The highest BCUT2D eigenvalue weighted by Gasteiger charge is 2.23. The molecule has 0 saturated carbocycles. The van der Waals surface area contributed by atoms with E-state index in [0.717, 1.165) is 30.2 Å². The van der Waals surface area contributed by atoms with Gasteiger partial charge in [-0.05, 0) is 36.4 Å². The third kappa shape index (κ3) is 5.89. The molecular weight excluding hydrogens is 465 g/mol. The van der Waals surface area contributed by atoms with Crippen LogP contribution in [0.2, 0.25) is 5.02 Å². The molecule has 1 amide bonds. The zero-order valence-electron chi connectivity index (χ0n) is 18.3. The first-order chi connectivity index (χ1) is 16.0. The summed E-state index contributed by atoms with van der Waals surface area (Å²) < 4.78 is 24.7. The van der Waals surface area contributed by atoms with Crippen molar-refractivity contribution in [2.45, 2.75) is 6.61 Å². The van der Waals surface area contributed by atoms with Crippen LogP contribution in [0, 0.1) is 5.82 Å². The van der Waals surface area contributed by atoms with Crippen LogP contribution in [0.5, 0.6) is 5.75 Å². The number of thiazole rings is 1. The van der Waals surface area contributed by atoms with E-state index in [0.29, 0.717) is 41.7 Å². The van der Waals surface area contributed by atoms with Crippen molar-refractivity contribution >= 4 is 28.8 Å². The van der Waals surface area contributed by atoms with Gasteiger partial charge in [0.1, 0.15) is 28.9 Å². The summed E-state index contributed by atoms with van der Waals surface area (Å²) in [5, 5.41) is 2.91. The van der Waals surface area contributed by atoms with Crippen LogP contribution in [0.1, 0.15) is 16.1 Å². The SMILES string of the molecule is COCCN1CCN(C(=O)c2csc(-c3ccc(OCc4c(F)cccc4Cl)cc3)n2)CC1. The minimum absolute atomic E-state index is 0.0365. The molecule has 1 aliphatic heterocycles. The van der Waals surface area contributed by atoms with Crippen LogP contribution in [0.4, 0.5) is 4.39 Å². The maximum Gasteiger partial charge on any atom is 0.273 e. The molecule has 2 aromatic carbocycles. The lowest BCUT2D eigenvalue weighted by Crippen LogP contribution is -2.49. The number of piperazine rings is 1. The van der Waals surface area contributed by atoms with Crippen molar-refractivity contribution in [3.8, 4) is 16.3 Å². The minimum atomic E-state index is -0.393. The molecule has 0 radical (unpaired) electrons. The number of methoxy groups -OCH3 is 1. The summed E-state index contributed by atoms with van der Waals surface area (Å²) in [4.78, 5) is 21.6. The largest absolute Gasteiger partial charge is 0.489 e. The summed E-state index contributed by atoms with van der Waals surface area (Å²) in [5.41, 5.74) is 1.68. The standard InChI is InChI=1S/C24H25ClFN3O3S/c1-31-14-13-28-9-11-29(12-10-28)24(30)22-16-33-23(27-22)17-5-7-18(8-6-17)32-15-19-20(25)3-2-4-21(19)26/h2-8,16H,9-15H2,1H3. The predicted molar refractivity (Wildman–Crippen MR) is 128 cm³/mol. The second-order valence-electron chi connectivity index (χ2n) is 7.68. The second kappa shape index (κ2) is 11.1. The van der Waals surface area contributed by atoms with Gasteiger partial charge in [0.2, 0.25) is 0 Å². The van der Waals surface area contributed by atoms with Gasteiger partial charge >= 0.3 is 0 Å². The highest BCUT2D eigenvalue weighted by atomic mass is 35.5. The molecule has 9 heteroatoms. The summed E-state index contributed by atoms with van der Waals surface area (Å²) in [6, 6.07) is 11.9. The van der Waals surface area contributed by atoms with Crippen molar-refractivity contribution in [3.05, 3.63) is 69.9 Å². The number of hydrogen-bond donors (Lipinski definition) is 0. The van der Waals surface area contributed by atoms with Gasteiger partial charge in [-0.15, -0.1) is 11.3 Å². The van der Waals surface area contributed by atoms with Crippen LogP contribution in [-0.2, 0) is 11.3 Å². The number of benzene rings is 2. The molecule has 33 heavy (non-hydrogen) atoms. The Morgan fingerprint density at radius 3 is 2.61 bits per heavy atom. The van der Waals surface area contributed by atoms with E-state index in [1.54, 1.807) is 36.8 Å². The Morgan fingerprint density at radius 2 is 1.91 bits per heavy atom. The van der Waals surface area contributed by atoms with Crippen molar-refractivity contribution in [1.82, 2.24) is 14.8 Å². The molecule has 0 N–H and O–H groups in total. The molecule has 0 aliphatic carbocycles. The molecule has 6 nitrogen and oxygen atoms in total. The second-order valence-corrected chi connectivity index (χ2v) is 8.94. The van der Waals surface area contributed by atoms with Gasteiger partial charge in [-0.1, -0.05) is 17.7 Å². The fourth-order valence-electron chi connectivity index (χ4n) is 3.58. The van der Waals surface area contributed by atoms with E-state index >= 15 is 0 Å². The maximum atomic E-state index is 13.9. The molecule has 1 saturated heterocycles. The monoisotopic (exact) mass is 489 g/mol. The number of halogens is 2. The molecule has 3 aromatic rings. The van der Waals surface area contributed by atoms with E-state index in [1.165, 1.54) is 17.4 Å². The number of rotatable bonds is 8. The van der Waals surface area contributed by atoms with E-state index in [2.05, 4.69) is 9.88 Å². The van der Waals surface area contributed by atoms with E-state index < -0.39 is 5.82 Å². The zero-order chi connectivity index (χ0) is 23.2. The fraction of sp³-hybridized carbons (Fsp3) is 0.333. The first kappa shape index (κ1) is 23.6. The molecule has 1 aliphatic rings. The van der Waals surface area contributed by atoms with Crippen molar-refractivity contribution in [3.63, 3.8) is 0 Å². The van der Waals surface area contributed by atoms with E-state index in [4.69, 9.17) is 21.1 Å². The van der Waals surface area contributed by atoms with Crippen LogP contribution in [0.25, 0.3) is 10.6 Å². The number of carbonyl (C=O) groups is 1. The van der Waals surface area contributed by atoms with Crippen LogP contribution in [0.15, 0.2) is 47.8 Å². The van der Waals surface area contributed by atoms with Gasteiger partial charge in [0, 0.05) is 56.3 Å². The Kier molecular flexibility index (Phi) is 7.93. The lowest BCUT2D eigenvalue weighted by atomic mass is 10.2. The molecule has 4 rings (SSSR count). The third-order valence-corrected chi connectivity index (χ3v) is 6.79. The van der Waals surface area contributed by atoms with E-state index in [-0.39, 0.29) is 12.5 Å². The number of hydrogen-bond acceptors (Lipinski definition) is 6. The first-order valence-corrected chi connectivity index (χ1v) is 11.9. The van der Waals surface area contributed by atoms with Crippen LogP contribution in [0.3, 0.4) is 0 Å². The Morgan fingerprint density at radius 1 is 1.15 bits per heavy atom. The number of nitrogens with zero attached hydrogens (tertiary/aromatic N) is 3. The van der Waals surface area contributed by atoms with Gasteiger partial charge in [0.15, 0.2) is 0 Å². The number of amides is 1. The average molecular weight is 490 g/mol. The van der Waals surface area contributed by atoms with Gasteiger partial charge < -0.3 is 14.4 Å². The maximum absolute atomic E-state index is 13.9. The molecule has 0 spiro atoms. The van der Waals surface area contributed by atoms with Crippen LogP contribution < -0.4 is 4.74 Å². The smallest absolute Gasteiger partial charge is 0.273 e. The van der Waals surface area contributed by atoms with Crippen molar-refractivity contribution in [1.29, 1.82) is 0 Å². The van der Waals surface area contributed by atoms with Gasteiger partial charge in [-0.2, -0.15) is 0 Å². The Labute approximate surface area is 201 Å². The van der Waals surface area contributed by atoms with Crippen LogP contribution >= 0.6 is 22.9 Å². The first-order valence-electron chi connectivity index (χ1n) is 10.7. The summed E-state index contributed by atoms with van der Waals surface area (Å²) >= 11 is 7.48. The lowest BCUT2D eigenvalue weighted by molar-refractivity contribution is 0.0589. The van der Waals surface area contributed by atoms with E-state index in [9.17, 15) is 9.18 Å². The fourth-order valence-corrected chi connectivity index (χ4v) is 4.60. The number of aromatic nitrogens is 1.